The Hall–Kier alpha value is -1.55. The van der Waals surface area contributed by atoms with Gasteiger partial charge in [-0.15, -0.1) is 11.6 Å². The molecule has 0 fully saturated rings. The number of anilines is 1. The SMILES string of the molecule is CN(C)c1noc(C(Cl)c2ccccc2)n1. The number of hydrogen-bond acceptors (Lipinski definition) is 4. The Kier molecular flexibility index (Phi) is 3.10. The van der Waals surface area contributed by atoms with E-state index in [0.717, 1.165) is 5.56 Å². The van der Waals surface area contributed by atoms with Crippen molar-refractivity contribution in [2.45, 2.75) is 5.38 Å². The third-order valence-electron chi connectivity index (χ3n) is 2.14. The minimum atomic E-state index is -0.401. The summed E-state index contributed by atoms with van der Waals surface area (Å²) in [6, 6.07) is 9.64. The number of rotatable bonds is 3. The zero-order valence-corrected chi connectivity index (χ0v) is 9.85. The van der Waals surface area contributed by atoms with Crippen LogP contribution in [-0.2, 0) is 0 Å². The molecule has 1 unspecified atom stereocenters. The Morgan fingerprint density at radius 2 is 1.94 bits per heavy atom. The van der Waals surface area contributed by atoms with Gasteiger partial charge in [-0.2, -0.15) is 4.98 Å². The molecular formula is C11H12ClN3O. The molecule has 1 aromatic carbocycles. The first-order valence-electron chi connectivity index (χ1n) is 4.88. The van der Waals surface area contributed by atoms with Crippen molar-refractivity contribution in [3.63, 3.8) is 0 Å². The van der Waals surface area contributed by atoms with E-state index in [4.69, 9.17) is 16.1 Å². The zero-order chi connectivity index (χ0) is 11.5. The summed E-state index contributed by atoms with van der Waals surface area (Å²) < 4.78 is 5.11. The summed E-state index contributed by atoms with van der Waals surface area (Å²) in [5, 5.41) is 3.42. The molecule has 1 atom stereocenters. The maximum atomic E-state index is 6.23. The van der Waals surface area contributed by atoms with E-state index in [2.05, 4.69) is 10.1 Å². The molecule has 0 spiro atoms. The summed E-state index contributed by atoms with van der Waals surface area (Å²) in [4.78, 5) is 5.97. The van der Waals surface area contributed by atoms with Crippen LogP contribution in [0.1, 0.15) is 16.8 Å². The Balaban J connectivity index is 2.24. The fraction of sp³-hybridized carbons (Fsp3) is 0.273. The summed E-state index contributed by atoms with van der Waals surface area (Å²) in [6.07, 6.45) is 0. The van der Waals surface area contributed by atoms with Crippen molar-refractivity contribution in [3.8, 4) is 0 Å². The fourth-order valence-corrected chi connectivity index (χ4v) is 1.51. The summed E-state index contributed by atoms with van der Waals surface area (Å²) in [6.45, 7) is 0. The van der Waals surface area contributed by atoms with E-state index in [0.29, 0.717) is 11.8 Å². The third kappa shape index (κ3) is 2.17. The van der Waals surface area contributed by atoms with Crippen LogP contribution in [-0.4, -0.2) is 24.2 Å². The van der Waals surface area contributed by atoms with Crippen LogP contribution in [0.15, 0.2) is 34.9 Å². The second-order valence-electron chi connectivity index (χ2n) is 3.60. The van der Waals surface area contributed by atoms with Gasteiger partial charge in [0, 0.05) is 14.1 Å². The largest absolute Gasteiger partial charge is 0.344 e. The lowest BCUT2D eigenvalue weighted by Gasteiger charge is -2.04. The van der Waals surface area contributed by atoms with Crippen LogP contribution < -0.4 is 4.90 Å². The topological polar surface area (TPSA) is 42.2 Å². The van der Waals surface area contributed by atoms with Gasteiger partial charge in [-0.25, -0.2) is 0 Å². The molecule has 0 N–H and O–H groups in total. The van der Waals surface area contributed by atoms with E-state index in [-0.39, 0.29) is 0 Å². The molecule has 84 valence electrons. The van der Waals surface area contributed by atoms with Crippen LogP contribution in [0, 0.1) is 0 Å². The van der Waals surface area contributed by atoms with Gasteiger partial charge in [-0.05, 0) is 10.7 Å². The smallest absolute Gasteiger partial charge is 0.265 e. The van der Waals surface area contributed by atoms with E-state index in [1.54, 1.807) is 4.90 Å². The average molecular weight is 238 g/mol. The first-order valence-corrected chi connectivity index (χ1v) is 5.32. The monoisotopic (exact) mass is 237 g/mol. The summed E-state index contributed by atoms with van der Waals surface area (Å²) >= 11 is 6.23. The van der Waals surface area contributed by atoms with Crippen molar-refractivity contribution >= 4 is 17.5 Å². The molecule has 0 aliphatic rings. The third-order valence-corrected chi connectivity index (χ3v) is 2.58. The van der Waals surface area contributed by atoms with E-state index in [1.165, 1.54) is 0 Å². The van der Waals surface area contributed by atoms with Gasteiger partial charge in [0.05, 0.1) is 0 Å². The van der Waals surface area contributed by atoms with Crippen molar-refractivity contribution in [1.29, 1.82) is 0 Å². The second kappa shape index (κ2) is 4.53. The van der Waals surface area contributed by atoms with Gasteiger partial charge in [0.15, 0.2) is 0 Å². The van der Waals surface area contributed by atoms with Crippen molar-refractivity contribution in [2.75, 3.05) is 19.0 Å². The minimum absolute atomic E-state index is 0.401. The van der Waals surface area contributed by atoms with Crippen LogP contribution in [0.3, 0.4) is 0 Å². The van der Waals surface area contributed by atoms with Crippen LogP contribution >= 0.6 is 11.6 Å². The fourth-order valence-electron chi connectivity index (χ4n) is 1.28. The molecule has 2 rings (SSSR count). The van der Waals surface area contributed by atoms with Crippen LogP contribution in [0.4, 0.5) is 5.95 Å². The molecule has 1 heterocycles. The van der Waals surface area contributed by atoms with Gasteiger partial charge >= 0.3 is 0 Å². The second-order valence-corrected chi connectivity index (χ2v) is 4.04. The van der Waals surface area contributed by atoms with Gasteiger partial charge in [0.25, 0.3) is 11.8 Å². The molecule has 4 nitrogen and oxygen atoms in total. The highest BCUT2D eigenvalue weighted by Gasteiger charge is 2.18. The number of aromatic nitrogens is 2. The first kappa shape index (κ1) is 11.0. The van der Waals surface area contributed by atoms with E-state index in [1.807, 2.05) is 44.4 Å². The minimum Gasteiger partial charge on any atom is -0.344 e. The summed E-state index contributed by atoms with van der Waals surface area (Å²) in [5.74, 6) is 0.938. The molecule has 0 amide bonds. The lowest BCUT2D eigenvalue weighted by Crippen LogP contribution is -2.10. The Morgan fingerprint density at radius 3 is 2.50 bits per heavy atom. The number of benzene rings is 1. The Bertz CT molecular complexity index is 455. The van der Waals surface area contributed by atoms with Gasteiger partial charge in [-0.3, -0.25) is 0 Å². The lowest BCUT2D eigenvalue weighted by atomic mass is 10.1. The highest BCUT2D eigenvalue weighted by molar-refractivity contribution is 6.22. The van der Waals surface area contributed by atoms with Crippen LogP contribution in [0.2, 0.25) is 0 Å². The van der Waals surface area contributed by atoms with Crippen molar-refractivity contribution < 1.29 is 4.52 Å². The van der Waals surface area contributed by atoms with Gasteiger partial charge in [-0.1, -0.05) is 30.3 Å². The number of nitrogens with zero attached hydrogens (tertiary/aromatic N) is 3. The van der Waals surface area contributed by atoms with Crippen molar-refractivity contribution in [3.05, 3.63) is 41.8 Å². The number of halogens is 1. The van der Waals surface area contributed by atoms with Gasteiger partial charge in [0.2, 0.25) is 0 Å². The number of hydrogen-bond donors (Lipinski definition) is 0. The molecule has 1 aromatic heterocycles. The molecule has 16 heavy (non-hydrogen) atoms. The van der Waals surface area contributed by atoms with E-state index >= 15 is 0 Å². The average Bonchev–Trinajstić information content (AvgIpc) is 2.78. The highest BCUT2D eigenvalue weighted by atomic mass is 35.5. The van der Waals surface area contributed by atoms with Crippen molar-refractivity contribution in [1.82, 2.24) is 10.1 Å². The maximum absolute atomic E-state index is 6.23. The van der Waals surface area contributed by atoms with Crippen LogP contribution in [0.25, 0.3) is 0 Å². The Morgan fingerprint density at radius 1 is 1.25 bits per heavy atom. The molecular weight excluding hydrogens is 226 g/mol. The van der Waals surface area contributed by atoms with Gasteiger partial charge in [0.1, 0.15) is 5.38 Å². The zero-order valence-electron chi connectivity index (χ0n) is 9.09. The van der Waals surface area contributed by atoms with Crippen LogP contribution in [0.5, 0.6) is 0 Å². The molecule has 0 aliphatic heterocycles. The molecule has 5 heteroatoms. The molecule has 0 saturated heterocycles. The maximum Gasteiger partial charge on any atom is 0.265 e. The lowest BCUT2D eigenvalue weighted by molar-refractivity contribution is 0.382. The molecule has 0 saturated carbocycles. The normalized spacial score (nSPS) is 12.4. The first-order chi connectivity index (χ1) is 7.68. The predicted molar refractivity (Wildman–Crippen MR) is 62.8 cm³/mol. The van der Waals surface area contributed by atoms with E-state index < -0.39 is 5.38 Å². The highest BCUT2D eigenvalue weighted by Crippen LogP contribution is 2.27. The molecule has 0 radical (unpaired) electrons. The molecule has 2 aromatic rings. The predicted octanol–water partition coefficient (Wildman–Crippen LogP) is 2.46. The molecule has 0 aliphatic carbocycles. The van der Waals surface area contributed by atoms with Gasteiger partial charge < -0.3 is 9.42 Å². The Labute approximate surface area is 98.8 Å². The van der Waals surface area contributed by atoms with E-state index in [9.17, 15) is 0 Å². The summed E-state index contributed by atoms with van der Waals surface area (Å²) in [7, 11) is 3.70. The standard InChI is InChI=1S/C11H12ClN3O/c1-15(2)11-13-10(16-14-11)9(12)8-6-4-3-5-7-8/h3-7,9H,1-2H3. The number of alkyl halides is 1. The molecule has 0 bridgehead atoms. The summed E-state index contributed by atoms with van der Waals surface area (Å²) in [5.41, 5.74) is 0.943. The van der Waals surface area contributed by atoms with Crippen molar-refractivity contribution in [2.24, 2.45) is 0 Å². The quantitative estimate of drug-likeness (QED) is 0.769.